The second-order valence-corrected chi connectivity index (χ2v) is 6.56. The molecule has 1 aliphatic rings. The third-order valence-electron chi connectivity index (χ3n) is 2.93. The minimum atomic E-state index is -4.91. The number of oxime groups is 1. The van der Waals surface area contributed by atoms with Crippen LogP contribution in [0.15, 0.2) is 10.5 Å². The van der Waals surface area contributed by atoms with Crippen molar-refractivity contribution in [3.8, 4) is 0 Å². The van der Waals surface area contributed by atoms with E-state index < -0.39 is 34.2 Å². The molecule has 1 fully saturated rings. The van der Waals surface area contributed by atoms with E-state index in [1.807, 2.05) is 0 Å². The van der Waals surface area contributed by atoms with Gasteiger partial charge in [-0.3, -0.25) is 14.1 Å². The van der Waals surface area contributed by atoms with Gasteiger partial charge in [0.05, 0.1) is 0 Å². The van der Waals surface area contributed by atoms with Crippen molar-refractivity contribution < 1.29 is 63.2 Å². The number of nitrogens with two attached hydrogens (primary N) is 1. The Balaban J connectivity index is 0.00000312. The first kappa shape index (κ1) is 21.5. The Bertz CT molecular complexity index is 829. The molecule has 0 spiro atoms. The van der Waals surface area contributed by atoms with Gasteiger partial charge in [-0.15, -0.1) is 11.3 Å². The molecule has 1 aliphatic heterocycles. The molecule has 4 N–H and O–H groups in total. The van der Waals surface area contributed by atoms with Crippen molar-refractivity contribution in [2.45, 2.75) is 12.1 Å². The zero-order chi connectivity index (χ0) is 18.1. The summed E-state index contributed by atoms with van der Waals surface area (Å²) in [5.41, 5.74) is 5.20. The number of aromatic nitrogens is 1. The van der Waals surface area contributed by atoms with Crippen molar-refractivity contribution in [1.29, 1.82) is 0 Å². The molecule has 25 heavy (non-hydrogen) atoms. The summed E-state index contributed by atoms with van der Waals surface area (Å²) in [5.74, 6) is -2.11. The van der Waals surface area contributed by atoms with Gasteiger partial charge in [0, 0.05) is 5.38 Å². The molecule has 2 rings (SSSR count). The molecule has 132 valence electrons. The van der Waals surface area contributed by atoms with Gasteiger partial charge >= 0.3 is 39.9 Å². The van der Waals surface area contributed by atoms with Gasteiger partial charge in [-0.25, -0.2) is 9.29 Å². The largest absolute Gasteiger partial charge is 1.00 e. The Morgan fingerprint density at radius 2 is 2.28 bits per heavy atom. The third-order valence-corrected chi connectivity index (χ3v) is 4.53. The molecule has 12 nitrogen and oxygen atoms in total. The van der Waals surface area contributed by atoms with Crippen LogP contribution in [-0.2, 0) is 29.5 Å². The van der Waals surface area contributed by atoms with E-state index in [1.165, 1.54) is 12.5 Å². The normalized spacial score (nSPS) is 20.3. The van der Waals surface area contributed by atoms with E-state index in [9.17, 15) is 22.8 Å². The molecule has 0 aromatic carbocycles. The fourth-order valence-corrected chi connectivity index (χ4v) is 3.30. The van der Waals surface area contributed by atoms with E-state index in [-0.39, 0.29) is 58.1 Å². The maximum absolute atomic E-state index is 12.2. The minimum Gasteiger partial charge on any atom is -1.00 e. The third kappa shape index (κ3) is 4.34. The topological polar surface area (TPSA) is 181 Å². The fraction of sp³-hybridized carbons (Fsp3) is 0.300. The van der Waals surface area contributed by atoms with E-state index in [0.29, 0.717) is 0 Å². The summed E-state index contributed by atoms with van der Waals surface area (Å²) in [6.07, 6.45) is 0.105. The Morgan fingerprint density at radius 1 is 1.64 bits per heavy atom. The van der Waals surface area contributed by atoms with E-state index in [2.05, 4.69) is 20.3 Å². The van der Waals surface area contributed by atoms with Crippen LogP contribution in [0.1, 0.15) is 7.12 Å². The Morgan fingerprint density at radius 3 is 2.72 bits per heavy atom. The quantitative estimate of drug-likeness (QED) is 0.105. The molecule has 2 amide bonds. The van der Waals surface area contributed by atoms with Gasteiger partial charge < -0.3 is 22.1 Å². The Labute approximate surface area is 169 Å². The first-order chi connectivity index (χ1) is 11.2. The zero-order valence-electron chi connectivity index (χ0n) is 13.9. The SMILES string of the molecule is CON=C(C(=O)N[C@@H]1C(=O)N(S(=O)(=O)O)[C@@H]1C=O)c1csc(N)n1.[H-].[Na+]. The van der Waals surface area contributed by atoms with Gasteiger partial charge in [0.15, 0.2) is 10.8 Å². The predicted molar refractivity (Wildman–Crippen MR) is 81.4 cm³/mol. The average Bonchev–Trinajstić information content (AvgIpc) is 2.91. The van der Waals surface area contributed by atoms with Crippen LogP contribution in [0, 0.1) is 0 Å². The summed E-state index contributed by atoms with van der Waals surface area (Å²) >= 11 is 1.03. The van der Waals surface area contributed by atoms with Crippen molar-refractivity contribution in [3.05, 3.63) is 11.1 Å². The summed E-state index contributed by atoms with van der Waals surface area (Å²) in [6, 6.07) is -3.05. The molecule has 2 heterocycles. The number of thiazole rings is 1. The van der Waals surface area contributed by atoms with Gasteiger partial charge in [0.2, 0.25) is 0 Å². The predicted octanol–water partition coefficient (Wildman–Crippen LogP) is -5.11. The summed E-state index contributed by atoms with van der Waals surface area (Å²) in [6.45, 7) is 0. The van der Waals surface area contributed by atoms with Crippen molar-refractivity contribution in [2.75, 3.05) is 12.8 Å². The van der Waals surface area contributed by atoms with Crippen LogP contribution < -0.4 is 40.6 Å². The first-order valence-corrected chi connectivity index (χ1v) is 8.37. The number of aldehydes is 1. The average molecular weight is 401 g/mol. The molecule has 2 atom stereocenters. The minimum absolute atomic E-state index is 0. The number of nitrogens with one attached hydrogen (secondary N) is 1. The van der Waals surface area contributed by atoms with E-state index in [0.717, 1.165) is 11.3 Å². The van der Waals surface area contributed by atoms with Crippen LogP contribution in [0.4, 0.5) is 5.13 Å². The van der Waals surface area contributed by atoms with Gasteiger partial charge in [-0.05, 0) is 0 Å². The number of β-lactam (4-membered cyclic amide) rings is 1. The maximum atomic E-state index is 12.2. The number of anilines is 1. The monoisotopic (exact) mass is 401 g/mol. The molecular weight excluding hydrogens is 389 g/mol. The smallest absolute Gasteiger partial charge is 1.00 e. The Hall–Kier alpha value is -1.58. The summed E-state index contributed by atoms with van der Waals surface area (Å²) in [5, 5.41) is 7.18. The molecule has 0 unspecified atom stereocenters. The fourth-order valence-electron chi connectivity index (χ4n) is 1.93. The van der Waals surface area contributed by atoms with Crippen molar-refractivity contribution >= 4 is 50.6 Å². The number of rotatable bonds is 6. The van der Waals surface area contributed by atoms with E-state index in [4.69, 9.17) is 10.3 Å². The van der Waals surface area contributed by atoms with Crippen molar-refractivity contribution in [1.82, 2.24) is 14.6 Å². The van der Waals surface area contributed by atoms with Crippen LogP contribution in [0.3, 0.4) is 0 Å². The summed E-state index contributed by atoms with van der Waals surface area (Å²) in [7, 11) is -3.73. The number of carbonyl (C=O) groups is 3. The summed E-state index contributed by atoms with van der Waals surface area (Å²) in [4.78, 5) is 43.3. The summed E-state index contributed by atoms with van der Waals surface area (Å²) < 4.78 is 30.8. The second kappa shape index (κ2) is 8.20. The second-order valence-electron chi connectivity index (χ2n) is 4.38. The van der Waals surface area contributed by atoms with Gasteiger partial charge in [-0.2, -0.15) is 8.42 Å². The van der Waals surface area contributed by atoms with Crippen LogP contribution in [-0.4, -0.2) is 65.3 Å². The van der Waals surface area contributed by atoms with Crippen LogP contribution in [0.5, 0.6) is 0 Å². The van der Waals surface area contributed by atoms with Crippen LogP contribution >= 0.6 is 11.3 Å². The van der Waals surface area contributed by atoms with Gasteiger partial charge in [0.1, 0.15) is 31.2 Å². The van der Waals surface area contributed by atoms with Crippen molar-refractivity contribution in [2.24, 2.45) is 5.16 Å². The molecule has 0 saturated carbocycles. The van der Waals surface area contributed by atoms with E-state index >= 15 is 0 Å². The number of hydrogen-bond donors (Lipinski definition) is 3. The van der Waals surface area contributed by atoms with E-state index in [1.54, 1.807) is 0 Å². The van der Waals surface area contributed by atoms with Gasteiger partial charge in [-0.1, -0.05) is 5.16 Å². The molecule has 0 radical (unpaired) electrons. The van der Waals surface area contributed by atoms with Crippen molar-refractivity contribution in [3.63, 3.8) is 0 Å². The zero-order valence-corrected chi connectivity index (χ0v) is 16.6. The molecule has 1 saturated heterocycles. The molecule has 1 aromatic heterocycles. The maximum Gasteiger partial charge on any atom is 1.00 e. The molecular formula is C10H12N5NaO7S2. The number of nitrogens with zero attached hydrogens (tertiary/aromatic N) is 3. The number of nitrogen functional groups attached to an aromatic ring is 1. The first-order valence-electron chi connectivity index (χ1n) is 6.10. The van der Waals surface area contributed by atoms with Crippen LogP contribution in [0.2, 0.25) is 0 Å². The molecule has 1 aromatic rings. The molecule has 15 heteroatoms. The molecule has 0 bridgehead atoms. The van der Waals surface area contributed by atoms with Crippen LogP contribution in [0.25, 0.3) is 0 Å². The number of hydrogen-bond acceptors (Lipinski definition) is 10. The number of amides is 2. The van der Waals surface area contributed by atoms with Gasteiger partial charge in [0.25, 0.3) is 11.8 Å². The Kier molecular flexibility index (Phi) is 7.04. The molecule has 0 aliphatic carbocycles. The number of carbonyl (C=O) groups excluding carboxylic acids is 3. The standard InChI is InChI=1S/C10H11N5O7S2.Na.H/c1-22-14-6(4-3-23-10(11)12-4)8(17)13-7-5(2-16)15(9(7)18)24(19,20)21;;/h2-3,5,7H,1H3,(H2,11,12)(H,13,17)(H,19,20,21);;/q;+1;-1/t5-,7+;;/m1../s1.